The average molecular weight is 1380 g/mol. The summed E-state index contributed by atoms with van der Waals surface area (Å²) in [6.45, 7) is 7.05. The van der Waals surface area contributed by atoms with Gasteiger partial charge in [-0.05, 0) is 136 Å². The summed E-state index contributed by atoms with van der Waals surface area (Å²) in [6, 6.07) is 31.9. The van der Waals surface area contributed by atoms with Gasteiger partial charge in [-0.3, -0.25) is 24.5 Å². The lowest BCUT2D eigenvalue weighted by atomic mass is 9.72. The number of rotatable bonds is 26. The number of amides is 5. The van der Waals surface area contributed by atoms with Crippen LogP contribution in [-0.2, 0) is 53.6 Å². The molecule has 3 saturated heterocycles. The number of carbonyl (C=O) groups excluding carboxylic acids is 5. The molecule has 17 nitrogen and oxygen atoms in total. The second kappa shape index (κ2) is 31.9. The number of aromatic nitrogens is 1. The van der Waals surface area contributed by atoms with Crippen molar-refractivity contribution < 1.29 is 68.9 Å². The van der Waals surface area contributed by atoms with Gasteiger partial charge in [-0.25, -0.2) is 14.2 Å². The fourth-order valence-electron chi connectivity index (χ4n) is 13.8. The molecule has 1 spiro atoms. The molecule has 0 radical (unpaired) electrons. The third-order valence-corrected chi connectivity index (χ3v) is 20.9. The molecule has 10 rings (SSSR count). The lowest BCUT2D eigenvalue weighted by molar-refractivity contribution is -0.143. The summed E-state index contributed by atoms with van der Waals surface area (Å²) < 4.78 is 116. The topological polar surface area (TPSA) is 161 Å². The van der Waals surface area contributed by atoms with E-state index in [9.17, 15) is 54.7 Å². The van der Waals surface area contributed by atoms with Crippen LogP contribution in [0.3, 0.4) is 0 Å². The molecule has 1 aliphatic carbocycles. The van der Waals surface area contributed by atoms with Gasteiger partial charge < -0.3 is 48.5 Å². The fourth-order valence-corrected chi connectivity index (χ4v) is 14.8. The number of anilines is 2. The smallest absolute Gasteiger partial charge is 0.416 e. The number of para-hydroxylation sites is 1. The molecule has 0 saturated carbocycles. The summed E-state index contributed by atoms with van der Waals surface area (Å²) in [4.78, 5) is 85.2. The number of fused-ring (bicyclic) bond motifs is 2. The van der Waals surface area contributed by atoms with Gasteiger partial charge >= 0.3 is 18.4 Å². The SMILES string of the molecule is Cc1nc(N(C)CCCCCC(=O)N(C)CCN2CCC(OC(=O)Nc3ccccc3-c3ccccc3)CC2)sc1C(=O)N(C)CCCN(C)C(=O)COC1Cc2ccccc2C12CCN(CC[C@@]1(c3ccc(F)cc3)CN(C(=O)c3cc(C(F)(F)F)cc(C(F)(F)F)c3)CO1)CC2. The summed E-state index contributed by atoms with van der Waals surface area (Å²) in [7, 11) is 7.26. The Morgan fingerprint density at radius 1 is 0.704 bits per heavy atom. The zero-order chi connectivity index (χ0) is 69.9. The second-order valence-corrected chi connectivity index (χ2v) is 27.3. The minimum Gasteiger partial charge on any atom is -0.446 e. The Morgan fingerprint density at radius 3 is 2.05 bits per heavy atom. The van der Waals surface area contributed by atoms with Crippen LogP contribution < -0.4 is 10.2 Å². The van der Waals surface area contributed by atoms with Crippen LogP contribution in [0.25, 0.3) is 11.1 Å². The van der Waals surface area contributed by atoms with Crippen molar-refractivity contribution in [1.82, 2.24) is 34.4 Å². The molecule has 2 atom stereocenters. The number of hydrogen-bond donors (Lipinski definition) is 1. The summed E-state index contributed by atoms with van der Waals surface area (Å²) in [5, 5.41) is 3.67. The van der Waals surface area contributed by atoms with E-state index in [4.69, 9.17) is 19.2 Å². The van der Waals surface area contributed by atoms with Gasteiger partial charge in [0.25, 0.3) is 11.8 Å². The highest BCUT2D eigenvalue weighted by molar-refractivity contribution is 7.17. The molecule has 1 unspecified atom stereocenters. The van der Waals surface area contributed by atoms with Crippen LogP contribution in [0, 0.1) is 12.7 Å². The van der Waals surface area contributed by atoms with Gasteiger partial charge in [0, 0.05) is 104 Å². The minimum atomic E-state index is -5.15. The van der Waals surface area contributed by atoms with Crippen molar-refractivity contribution in [2.75, 3.05) is 124 Å². The number of thiazole rings is 1. The number of unbranched alkanes of at least 4 members (excludes halogenated alkanes) is 2. The third kappa shape index (κ3) is 17.9. The summed E-state index contributed by atoms with van der Waals surface area (Å²) in [6.07, 6.45) is -4.19. The van der Waals surface area contributed by atoms with Crippen molar-refractivity contribution in [3.05, 3.63) is 171 Å². The number of nitrogens with zero attached hydrogens (tertiary/aromatic N) is 8. The number of halogens is 7. The number of aryl methyl sites for hydroxylation is 1. The van der Waals surface area contributed by atoms with Crippen molar-refractivity contribution in [3.8, 4) is 11.1 Å². The van der Waals surface area contributed by atoms with Crippen molar-refractivity contribution in [1.29, 1.82) is 0 Å². The molecule has 526 valence electrons. The molecular weight excluding hydrogens is 1300 g/mol. The quantitative estimate of drug-likeness (QED) is 0.0405. The third-order valence-electron chi connectivity index (χ3n) is 19.7. The van der Waals surface area contributed by atoms with E-state index in [-0.39, 0.29) is 55.6 Å². The molecule has 0 bridgehead atoms. The molecule has 6 aromatic rings. The Hall–Kier alpha value is -7.97. The van der Waals surface area contributed by atoms with Crippen LogP contribution in [-0.4, -0.2) is 190 Å². The normalized spacial score (nSPS) is 18.2. The standard InChI is InChI=1S/C73H86F7N9O8S/c1-50-65(98-68(81-50)86(5)33-15-7-10-23-63(90)84(3)41-42-87-36-28-58(29-37-87)97-69(94)82-61-22-14-12-20-59(61)51-17-8-6-9-18-51)67(93)85(4)35-16-34-83(2)64(91)47-95-62-45-52-19-11-13-21-60(52)70(62)30-38-88(39-31-70)40-32-71(54-24-26-57(74)27-25-54)48-89(49-96-71)66(92)53-43-55(72(75,76)77)46-56(44-53)73(78,79)80/h6,8-9,11-14,17-22,24-27,43-44,46,58,62H,7,10,15-16,23,28-42,45,47-49H2,1-5H3,(H,82,94)/t62?,71-/m0/s1. The molecule has 5 amide bonds. The number of nitrogens with one attached hydrogen (secondary N) is 1. The Labute approximate surface area is 571 Å². The first-order valence-electron chi connectivity index (χ1n) is 33.5. The number of likely N-dealkylation sites (N-methyl/N-ethyl adjacent to an activating group) is 2. The highest BCUT2D eigenvalue weighted by Gasteiger charge is 2.50. The van der Waals surface area contributed by atoms with Gasteiger partial charge in [0.1, 0.15) is 35.7 Å². The van der Waals surface area contributed by atoms with E-state index in [0.717, 1.165) is 84.0 Å². The van der Waals surface area contributed by atoms with Crippen molar-refractivity contribution in [3.63, 3.8) is 0 Å². The predicted molar refractivity (Wildman–Crippen MR) is 360 cm³/mol. The molecule has 1 N–H and O–H groups in total. The number of alkyl halides is 6. The zero-order valence-electron chi connectivity index (χ0n) is 56.1. The van der Waals surface area contributed by atoms with Gasteiger partial charge in [0.2, 0.25) is 11.8 Å². The second-order valence-electron chi connectivity index (χ2n) is 26.3. The lowest BCUT2D eigenvalue weighted by Gasteiger charge is -2.44. The van der Waals surface area contributed by atoms with Crippen LogP contribution in [0.2, 0.25) is 0 Å². The van der Waals surface area contributed by atoms with Crippen LogP contribution in [0.4, 0.5) is 46.3 Å². The Morgan fingerprint density at radius 2 is 1.35 bits per heavy atom. The number of ether oxygens (including phenoxy) is 3. The van der Waals surface area contributed by atoms with Gasteiger partial charge in [-0.2, -0.15) is 26.3 Å². The monoisotopic (exact) mass is 1380 g/mol. The van der Waals surface area contributed by atoms with Crippen LogP contribution in [0.5, 0.6) is 0 Å². The Balaban J connectivity index is 0.620. The average Bonchev–Trinajstić information content (AvgIpc) is 1.51. The van der Waals surface area contributed by atoms with E-state index in [2.05, 4.69) is 27.2 Å². The summed E-state index contributed by atoms with van der Waals surface area (Å²) in [5.41, 5.74) is 0.368. The van der Waals surface area contributed by atoms with Crippen molar-refractivity contribution in [2.24, 2.45) is 0 Å². The largest absolute Gasteiger partial charge is 0.446 e. The maximum Gasteiger partial charge on any atom is 0.416 e. The lowest BCUT2D eigenvalue weighted by Crippen LogP contribution is -2.50. The van der Waals surface area contributed by atoms with Gasteiger partial charge in [0.05, 0.1) is 35.2 Å². The Bertz CT molecular complexity index is 3700. The van der Waals surface area contributed by atoms with Gasteiger partial charge in [-0.1, -0.05) is 103 Å². The first-order chi connectivity index (χ1) is 46.8. The van der Waals surface area contributed by atoms with E-state index in [1.54, 1.807) is 28.8 Å². The highest BCUT2D eigenvalue weighted by Crippen LogP contribution is 2.49. The summed E-state index contributed by atoms with van der Waals surface area (Å²) >= 11 is 1.35. The number of likely N-dealkylation sites (tertiary alicyclic amines) is 2. The van der Waals surface area contributed by atoms with E-state index in [0.29, 0.717) is 112 Å². The van der Waals surface area contributed by atoms with E-state index in [1.807, 2.05) is 92.6 Å². The van der Waals surface area contributed by atoms with Crippen LogP contribution in [0.1, 0.15) is 118 Å². The van der Waals surface area contributed by atoms with E-state index < -0.39 is 64.6 Å². The minimum absolute atomic E-state index is 0.0286. The highest BCUT2D eigenvalue weighted by atomic mass is 32.1. The van der Waals surface area contributed by atoms with Gasteiger partial charge in [0.15, 0.2) is 5.13 Å². The molecule has 1 aromatic heterocycles. The maximum absolute atomic E-state index is 14.3. The fraction of sp³-hybridized carbons (Fsp3) is 0.479. The first-order valence-corrected chi connectivity index (χ1v) is 34.3. The van der Waals surface area contributed by atoms with Crippen molar-refractivity contribution in [2.45, 2.75) is 113 Å². The molecular formula is C73H86F7N9O8S. The molecule has 98 heavy (non-hydrogen) atoms. The molecule has 3 fully saturated rings. The van der Waals surface area contributed by atoms with Crippen LogP contribution >= 0.6 is 11.3 Å². The molecule has 4 aliphatic rings. The Kier molecular flexibility index (Phi) is 23.7. The first kappa shape index (κ1) is 72.8. The molecule has 5 aromatic carbocycles. The van der Waals surface area contributed by atoms with E-state index in [1.165, 1.54) is 35.6 Å². The van der Waals surface area contributed by atoms with Crippen molar-refractivity contribution >= 4 is 51.9 Å². The maximum atomic E-state index is 14.3. The zero-order valence-corrected chi connectivity index (χ0v) is 56.9. The number of carbonyl (C=O) groups is 5. The van der Waals surface area contributed by atoms with E-state index >= 15 is 0 Å². The summed E-state index contributed by atoms with van der Waals surface area (Å²) in [5.74, 6) is -1.85. The predicted octanol–water partition coefficient (Wildman–Crippen LogP) is 12.8. The molecule has 25 heteroatoms. The van der Waals surface area contributed by atoms with Crippen LogP contribution in [0.15, 0.2) is 121 Å². The molecule has 3 aliphatic heterocycles. The molecule has 4 heterocycles. The number of hydrogen-bond acceptors (Lipinski definition) is 13. The van der Waals surface area contributed by atoms with Gasteiger partial charge in [-0.15, -0.1) is 0 Å². The number of piperidine rings is 2. The number of benzene rings is 5.